The maximum absolute atomic E-state index is 12.8. The first-order chi connectivity index (χ1) is 12.6. The van der Waals surface area contributed by atoms with Crippen LogP contribution in [0.4, 0.5) is 0 Å². The fourth-order valence-corrected chi connectivity index (χ4v) is 2.99. The molecule has 0 saturated heterocycles. The molecular formula is C18H14ClN5O2. The Morgan fingerprint density at radius 2 is 2.15 bits per heavy atom. The van der Waals surface area contributed by atoms with Crippen molar-refractivity contribution < 1.29 is 9.32 Å². The summed E-state index contributed by atoms with van der Waals surface area (Å²) < 4.78 is 7.10. The van der Waals surface area contributed by atoms with Crippen molar-refractivity contribution in [2.75, 3.05) is 0 Å². The SMILES string of the molecule is Cc1onc(-c2ccccc2Cl)c1C(=O)NCc1cnc2cnccn12. The summed E-state index contributed by atoms with van der Waals surface area (Å²) in [7, 11) is 0. The van der Waals surface area contributed by atoms with E-state index >= 15 is 0 Å². The summed E-state index contributed by atoms with van der Waals surface area (Å²) in [5.41, 5.74) is 3.00. The van der Waals surface area contributed by atoms with E-state index in [1.54, 1.807) is 43.8 Å². The van der Waals surface area contributed by atoms with Crippen LogP contribution < -0.4 is 5.32 Å². The topological polar surface area (TPSA) is 85.3 Å². The van der Waals surface area contributed by atoms with Gasteiger partial charge in [0, 0.05) is 18.0 Å². The zero-order chi connectivity index (χ0) is 18.1. The average molecular weight is 368 g/mol. The van der Waals surface area contributed by atoms with Crippen molar-refractivity contribution in [3.8, 4) is 11.3 Å². The summed E-state index contributed by atoms with van der Waals surface area (Å²) in [6.45, 7) is 2.00. The molecule has 26 heavy (non-hydrogen) atoms. The Bertz CT molecular complexity index is 1100. The number of carbonyl (C=O) groups excluding carboxylic acids is 1. The molecule has 130 valence electrons. The van der Waals surface area contributed by atoms with E-state index in [2.05, 4.69) is 20.4 Å². The number of nitrogens with zero attached hydrogens (tertiary/aromatic N) is 4. The molecule has 0 atom stereocenters. The predicted molar refractivity (Wildman–Crippen MR) is 95.8 cm³/mol. The molecule has 4 aromatic rings. The van der Waals surface area contributed by atoms with Gasteiger partial charge in [-0.05, 0) is 13.0 Å². The molecule has 0 bridgehead atoms. The monoisotopic (exact) mass is 367 g/mol. The number of aryl methyl sites for hydroxylation is 1. The summed E-state index contributed by atoms with van der Waals surface area (Å²) in [6.07, 6.45) is 6.82. The first-order valence-electron chi connectivity index (χ1n) is 7.90. The van der Waals surface area contributed by atoms with Crippen molar-refractivity contribution >= 4 is 23.2 Å². The molecule has 1 amide bonds. The Hall–Kier alpha value is -3.19. The molecule has 1 N–H and O–H groups in total. The average Bonchev–Trinajstić information content (AvgIpc) is 3.24. The van der Waals surface area contributed by atoms with Crippen LogP contribution >= 0.6 is 11.6 Å². The van der Waals surface area contributed by atoms with Crippen molar-refractivity contribution in [3.05, 3.63) is 71.1 Å². The maximum Gasteiger partial charge on any atom is 0.257 e. The highest BCUT2D eigenvalue weighted by Gasteiger charge is 2.23. The van der Waals surface area contributed by atoms with E-state index in [4.69, 9.17) is 16.1 Å². The number of carbonyl (C=O) groups is 1. The number of hydrogen-bond acceptors (Lipinski definition) is 5. The second-order valence-electron chi connectivity index (χ2n) is 5.68. The predicted octanol–water partition coefficient (Wildman–Crippen LogP) is 3.28. The van der Waals surface area contributed by atoms with Gasteiger partial charge in [-0.2, -0.15) is 0 Å². The van der Waals surface area contributed by atoms with Gasteiger partial charge in [0.25, 0.3) is 5.91 Å². The molecule has 0 aliphatic carbocycles. The molecule has 0 saturated carbocycles. The Kier molecular flexibility index (Phi) is 4.14. The van der Waals surface area contributed by atoms with E-state index < -0.39 is 0 Å². The van der Waals surface area contributed by atoms with Crippen molar-refractivity contribution in [1.82, 2.24) is 24.8 Å². The highest BCUT2D eigenvalue weighted by Crippen LogP contribution is 2.30. The van der Waals surface area contributed by atoms with Gasteiger partial charge < -0.3 is 9.84 Å². The minimum Gasteiger partial charge on any atom is -0.360 e. The Labute approximate surface area is 153 Å². The molecule has 0 spiro atoms. The normalized spacial score (nSPS) is 11.0. The third-order valence-electron chi connectivity index (χ3n) is 4.04. The molecule has 7 nitrogen and oxygen atoms in total. The van der Waals surface area contributed by atoms with Gasteiger partial charge >= 0.3 is 0 Å². The molecule has 0 radical (unpaired) electrons. The Balaban J connectivity index is 1.61. The second kappa shape index (κ2) is 6.61. The van der Waals surface area contributed by atoms with Gasteiger partial charge in [0.15, 0.2) is 5.65 Å². The fourth-order valence-electron chi connectivity index (χ4n) is 2.76. The Morgan fingerprint density at radius 1 is 1.31 bits per heavy atom. The van der Waals surface area contributed by atoms with Gasteiger partial charge in [-0.15, -0.1) is 0 Å². The lowest BCUT2D eigenvalue weighted by Crippen LogP contribution is -2.24. The summed E-state index contributed by atoms with van der Waals surface area (Å²) in [6, 6.07) is 7.19. The first-order valence-corrected chi connectivity index (χ1v) is 8.28. The van der Waals surface area contributed by atoms with Crippen LogP contribution in [0.5, 0.6) is 0 Å². The quantitative estimate of drug-likeness (QED) is 0.598. The van der Waals surface area contributed by atoms with E-state index in [9.17, 15) is 4.79 Å². The zero-order valence-electron chi connectivity index (χ0n) is 13.8. The number of rotatable bonds is 4. The van der Waals surface area contributed by atoms with E-state index in [0.717, 1.165) is 11.3 Å². The Morgan fingerprint density at radius 3 is 3.00 bits per heavy atom. The number of benzene rings is 1. The van der Waals surface area contributed by atoms with Crippen LogP contribution in [0, 0.1) is 6.92 Å². The lowest BCUT2D eigenvalue weighted by atomic mass is 10.1. The number of aromatic nitrogens is 4. The molecule has 4 rings (SSSR count). The summed E-state index contributed by atoms with van der Waals surface area (Å²) in [5, 5.41) is 7.41. The molecular weight excluding hydrogens is 354 g/mol. The molecule has 0 aliphatic heterocycles. The highest BCUT2D eigenvalue weighted by molar-refractivity contribution is 6.33. The van der Waals surface area contributed by atoms with Crippen molar-refractivity contribution in [2.24, 2.45) is 0 Å². The van der Waals surface area contributed by atoms with Crippen LogP contribution in [0.15, 0.2) is 53.6 Å². The van der Waals surface area contributed by atoms with Crippen molar-refractivity contribution in [1.29, 1.82) is 0 Å². The second-order valence-corrected chi connectivity index (χ2v) is 6.09. The summed E-state index contributed by atoms with van der Waals surface area (Å²) in [4.78, 5) is 21.0. The summed E-state index contributed by atoms with van der Waals surface area (Å²) >= 11 is 6.24. The minimum absolute atomic E-state index is 0.289. The van der Waals surface area contributed by atoms with Crippen molar-refractivity contribution in [2.45, 2.75) is 13.5 Å². The van der Waals surface area contributed by atoms with Gasteiger partial charge in [0.1, 0.15) is 17.0 Å². The number of hydrogen-bond donors (Lipinski definition) is 1. The molecule has 8 heteroatoms. The molecule has 0 fully saturated rings. The number of fused-ring (bicyclic) bond motifs is 1. The number of halogens is 1. The van der Waals surface area contributed by atoms with Crippen LogP contribution in [0.1, 0.15) is 21.8 Å². The molecule has 1 aromatic carbocycles. The highest BCUT2D eigenvalue weighted by atomic mass is 35.5. The molecule has 3 aromatic heterocycles. The first kappa shape index (κ1) is 16.3. The van der Waals surface area contributed by atoms with E-state index in [-0.39, 0.29) is 5.91 Å². The van der Waals surface area contributed by atoms with Gasteiger partial charge in [-0.3, -0.25) is 14.2 Å². The fraction of sp³-hybridized carbons (Fsp3) is 0.111. The van der Waals surface area contributed by atoms with E-state index in [1.165, 1.54) is 0 Å². The number of imidazole rings is 1. The lowest BCUT2D eigenvalue weighted by molar-refractivity contribution is 0.0949. The van der Waals surface area contributed by atoms with Gasteiger partial charge in [0.05, 0.1) is 29.7 Å². The summed E-state index contributed by atoms with van der Waals surface area (Å²) in [5.74, 6) is 0.141. The van der Waals surface area contributed by atoms with Gasteiger partial charge in [-0.1, -0.05) is 35.0 Å². The van der Waals surface area contributed by atoms with Crippen LogP contribution in [-0.4, -0.2) is 25.4 Å². The zero-order valence-corrected chi connectivity index (χ0v) is 14.6. The number of amides is 1. The molecule has 0 unspecified atom stereocenters. The smallest absolute Gasteiger partial charge is 0.257 e. The molecule has 3 heterocycles. The third kappa shape index (κ3) is 2.82. The minimum atomic E-state index is -0.289. The van der Waals surface area contributed by atoms with Crippen LogP contribution in [0.25, 0.3) is 16.9 Å². The molecule has 0 aliphatic rings. The van der Waals surface area contributed by atoms with Gasteiger partial charge in [0.2, 0.25) is 0 Å². The van der Waals surface area contributed by atoms with E-state index in [0.29, 0.717) is 34.1 Å². The number of nitrogens with one attached hydrogen (secondary N) is 1. The van der Waals surface area contributed by atoms with Crippen LogP contribution in [0.3, 0.4) is 0 Å². The standard InChI is InChI=1S/C18H14ClN5O2/c1-11-16(17(23-26-11)13-4-2-3-5-14(13)19)18(25)22-9-12-8-21-15-10-20-6-7-24(12)15/h2-8,10H,9H2,1H3,(H,22,25). The van der Waals surface area contributed by atoms with Crippen molar-refractivity contribution in [3.63, 3.8) is 0 Å². The van der Waals surface area contributed by atoms with Crippen LogP contribution in [0.2, 0.25) is 5.02 Å². The third-order valence-corrected chi connectivity index (χ3v) is 4.37. The van der Waals surface area contributed by atoms with E-state index in [1.807, 2.05) is 16.5 Å². The van der Waals surface area contributed by atoms with Gasteiger partial charge in [-0.25, -0.2) is 4.98 Å². The maximum atomic E-state index is 12.8. The lowest BCUT2D eigenvalue weighted by Gasteiger charge is -2.07. The largest absolute Gasteiger partial charge is 0.360 e. The van der Waals surface area contributed by atoms with Crippen LogP contribution in [-0.2, 0) is 6.54 Å².